The maximum Gasteiger partial charge on any atom is 0.237 e. The molecular formula is C18H14ClNO4. The number of hydrogen-bond acceptors (Lipinski definition) is 4. The normalized spacial score (nSPS) is 19.2. The van der Waals surface area contributed by atoms with Crippen molar-refractivity contribution >= 4 is 29.1 Å². The van der Waals surface area contributed by atoms with E-state index in [0.717, 1.165) is 5.56 Å². The van der Waals surface area contributed by atoms with Crippen molar-refractivity contribution in [3.05, 3.63) is 53.1 Å². The molecule has 1 fully saturated rings. The first-order valence-corrected chi connectivity index (χ1v) is 8.00. The second kappa shape index (κ2) is 5.83. The Hall–Kier alpha value is -2.53. The average molecular weight is 344 g/mol. The zero-order chi connectivity index (χ0) is 16.7. The summed E-state index contributed by atoms with van der Waals surface area (Å²) >= 11 is 5.88. The molecule has 0 aliphatic carbocycles. The summed E-state index contributed by atoms with van der Waals surface area (Å²) in [5.41, 5.74) is 1.51. The predicted molar refractivity (Wildman–Crippen MR) is 88.3 cm³/mol. The lowest BCUT2D eigenvalue weighted by molar-refractivity contribution is -0.122. The Morgan fingerprint density at radius 3 is 2.58 bits per heavy atom. The van der Waals surface area contributed by atoms with Gasteiger partial charge in [0.15, 0.2) is 11.5 Å². The molecule has 0 bridgehead atoms. The molecule has 2 aromatic rings. The Balaban J connectivity index is 1.56. The standard InChI is InChI=1S/C18H14ClNO4/c19-13-3-1-11(2-4-13)7-12-8-17(21)20(18(12)22)14-5-6-15-16(9-14)24-10-23-15/h1-6,9,12H,7-8,10H2. The van der Waals surface area contributed by atoms with Crippen LogP contribution >= 0.6 is 11.6 Å². The van der Waals surface area contributed by atoms with Crippen LogP contribution in [0.5, 0.6) is 11.5 Å². The highest BCUT2D eigenvalue weighted by Crippen LogP contribution is 2.37. The van der Waals surface area contributed by atoms with Crippen LogP contribution in [0.1, 0.15) is 12.0 Å². The number of fused-ring (bicyclic) bond motifs is 1. The van der Waals surface area contributed by atoms with Crippen LogP contribution in [0.3, 0.4) is 0 Å². The first-order chi connectivity index (χ1) is 11.6. The molecule has 1 saturated heterocycles. The average Bonchev–Trinajstić information content (AvgIpc) is 3.14. The molecule has 2 aliphatic rings. The van der Waals surface area contributed by atoms with Gasteiger partial charge in [-0.25, -0.2) is 0 Å². The van der Waals surface area contributed by atoms with E-state index < -0.39 is 0 Å². The van der Waals surface area contributed by atoms with Gasteiger partial charge < -0.3 is 9.47 Å². The van der Waals surface area contributed by atoms with Gasteiger partial charge in [-0.05, 0) is 36.2 Å². The molecule has 24 heavy (non-hydrogen) atoms. The van der Waals surface area contributed by atoms with E-state index in [1.807, 2.05) is 12.1 Å². The van der Waals surface area contributed by atoms with E-state index in [4.69, 9.17) is 21.1 Å². The number of imide groups is 1. The van der Waals surface area contributed by atoms with Crippen molar-refractivity contribution in [2.24, 2.45) is 5.92 Å². The molecular weight excluding hydrogens is 330 g/mol. The van der Waals surface area contributed by atoms with E-state index in [1.165, 1.54) is 4.90 Å². The quantitative estimate of drug-likeness (QED) is 0.803. The number of halogens is 1. The topological polar surface area (TPSA) is 55.8 Å². The van der Waals surface area contributed by atoms with Gasteiger partial charge in [-0.1, -0.05) is 23.7 Å². The van der Waals surface area contributed by atoms with Crippen molar-refractivity contribution in [1.29, 1.82) is 0 Å². The van der Waals surface area contributed by atoms with Crippen molar-refractivity contribution in [1.82, 2.24) is 0 Å². The van der Waals surface area contributed by atoms with Gasteiger partial charge in [-0.3, -0.25) is 14.5 Å². The third-order valence-corrected chi connectivity index (χ3v) is 4.50. The predicted octanol–water partition coefficient (Wildman–Crippen LogP) is 3.19. The smallest absolute Gasteiger partial charge is 0.237 e. The molecule has 0 aromatic heterocycles. The number of nitrogens with zero attached hydrogens (tertiary/aromatic N) is 1. The third kappa shape index (κ3) is 2.61. The Kier molecular flexibility index (Phi) is 3.65. The summed E-state index contributed by atoms with van der Waals surface area (Å²) in [6.45, 7) is 0.153. The maximum atomic E-state index is 12.7. The number of rotatable bonds is 3. The lowest BCUT2D eigenvalue weighted by Crippen LogP contribution is -2.30. The lowest BCUT2D eigenvalue weighted by atomic mass is 9.98. The molecule has 1 atom stereocenters. The van der Waals surface area contributed by atoms with Crippen molar-refractivity contribution in [3.63, 3.8) is 0 Å². The molecule has 6 heteroatoms. The van der Waals surface area contributed by atoms with E-state index in [9.17, 15) is 9.59 Å². The minimum atomic E-state index is -0.357. The fraction of sp³-hybridized carbons (Fsp3) is 0.222. The molecule has 2 amide bonds. The van der Waals surface area contributed by atoms with Crippen molar-refractivity contribution < 1.29 is 19.1 Å². The number of hydrogen-bond donors (Lipinski definition) is 0. The van der Waals surface area contributed by atoms with Crippen LogP contribution in [0.25, 0.3) is 0 Å². The largest absolute Gasteiger partial charge is 0.454 e. The maximum absolute atomic E-state index is 12.7. The molecule has 2 aromatic carbocycles. The first-order valence-electron chi connectivity index (χ1n) is 7.63. The molecule has 0 N–H and O–H groups in total. The highest BCUT2D eigenvalue weighted by molar-refractivity contribution is 6.30. The van der Waals surface area contributed by atoms with E-state index >= 15 is 0 Å². The number of amides is 2. The first kappa shape index (κ1) is 15.0. The lowest BCUT2D eigenvalue weighted by Gasteiger charge is -2.15. The molecule has 2 heterocycles. The summed E-state index contributed by atoms with van der Waals surface area (Å²) in [6.07, 6.45) is 0.721. The SMILES string of the molecule is O=C1CC(Cc2ccc(Cl)cc2)C(=O)N1c1ccc2c(c1)OCO2. The number of anilines is 1. The zero-order valence-electron chi connectivity index (χ0n) is 12.7. The van der Waals surface area contributed by atoms with Crippen molar-refractivity contribution in [2.75, 3.05) is 11.7 Å². The molecule has 2 aliphatic heterocycles. The van der Waals surface area contributed by atoms with Crippen LogP contribution in [0.4, 0.5) is 5.69 Å². The van der Waals surface area contributed by atoms with E-state index in [1.54, 1.807) is 30.3 Å². The molecule has 1 unspecified atom stereocenters. The highest BCUT2D eigenvalue weighted by atomic mass is 35.5. The number of benzene rings is 2. The minimum absolute atomic E-state index is 0.153. The second-order valence-electron chi connectivity index (χ2n) is 5.84. The number of carbonyl (C=O) groups is 2. The summed E-state index contributed by atoms with van der Waals surface area (Å²) in [5.74, 6) is 0.431. The van der Waals surface area contributed by atoms with Gasteiger partial charge in [0, 0.05) is 17.5 Å². The van der Waals surface area contributed by atoms with Gasteiger partial charge in [0.05, 0.1) is 11.6 Å². The van der Waals surface area contributed by atoms with Gasteiger partial charge in [-0.15, -0.1) is 0 Å². The Bertz CT molecular complexity index is 818. The van der Waals surface area contributed by atoms with Crippen LogP contribution in [-0.2, 0) is 16.0 Å². The summed E-state index contributed by atoms with van der Waals surface area (Å²) in [7, 11) is 0. The van der Waals surface area contributed by atoms with Crippen LogP contribution in [-0.4, -0.2) is 18.6 Å². The van der Waals surface area contributed by atoms with Gasteiger partial charge in [0.2, 0.25) is 18.6 Å². The number of ether oxygens (including phenoxy) is 2. The van der Waals surface area contributed by atoms with E-state index in [2.05, 4.69) is 0 Å². The van der Waals surface area contributed by atoms with Crippen LogP contribution in [0.15, 0.2) is 42.5 Å². The van der Waals surface area contributed by atoms with Crippen LogP contribution in [0, 0.1) is 5.92 Å². The van der Waals surface area contributed by atoms with Gasteiger partial charge in [0.1, 0.15) is 0 Å². The minimum Gasteiger partial charge on any atom is -0.454 e. The molecule has 5 nitrogen and oxygen atoms in total. The second-order valence-corrected chi connectivity index (χ2v) is 6.27. The zero-order valence-corrected chi connectivity index (χ0v) is 13.5. The Labute approximate surface area is 143 Å². The molecule has 122 valence electrons. The highest BCUT2D eigenvalue weighted by Gasteiger charge is 2.39. The van der Waals surface area contributed by atoms with Crippen LogP contribution < -0.4 is 14.4 Å². The van der Waals surface area contributed by atoms with Gasteiger partial charge in [0.25, 0.3) is 0 Å². The van der Waals surface area contributed by atoms with E-state index in [-0.39, 0.29) is 30.9 Å². The number of carbonyl (C=O) groups excluding carboxylic acids is 2. The van der Waals surface area contributed by atoms with Crippen molar-refractivity contribution in [3.8, 4) is 11.5 Å². The monoisotopic (exact) mass is 343 g/mol. The third-order valence-electron chi connectivity index (χ3n) is 4.25. The molecule has 0 radical (unpaired) electrons. The van der Waals surface area contributed by atoms with Gasteiger partial charge >= 0.3 is 0 Å². The van der Waals surface area contributed by atoms with Crippen LogP contribution in [0.2, 0.25) is 5.02 Å². The molecule has 4 rings (SSSR count). The summed E-state index contributed by atoms with van der Waals surface area (Å²) in [6, 6.07) is 12.4. The summed E-state index contributed by atoms with van der Waals surface area (Å²) in [5, 5.41) is 0.648. The Morgan fingerprint density at radius 2 is 1.79 bits per heavy atom. The fourth-order valence-electron chi connectivity index (χ4n) is 3.05. The fourth-order valence-corrected chi connectivity index (χ4v) is 3.18. The Morgan fingerprint density at radius 1 is 1.04 bits per heavy atom. The molecule has 0 saturated carbocycles. The van der Waals surface area contributed by atoms with Crippen molar-refractivity contribution in [2.45, 2.75) is 12.8 Å². The summed E-state index contributed by atoms with van der Waals surface area (Å²) < 4.78 is 10.6. The van der Waals surface area contributed by atoms with E-state index in [0.29, 0.717) is 28.6 Å². The molecule has 0 spiro atoms. The summed E-state index contributed by atoms with van der Waals surface area (Å²) in [4.78, 5) is 26.3. The van der Waals surface area contributed by atoms with Gasteiger partial charge in [-0.2, -0.15) is 0 Å².